The summed E-state index contributed by atoms with van der Waals surface area (Å²) in [4.78, 5) is 16.4. The number of anilines is 1. The SMILES string of the molecule is CC(C)(C)OC(=O)N1CCN(Cc2ccc3cc(-c4ccccc4N)oc3c2)CC1. The fourth-order valence-corrected chi connectivity index (χ4v) is 3.70. The van der Waals surface area contributed by atoms with Crippen LogP contribution in [-0.4, -0.2) is 47.7 Å². The molecular weight excluding hydrogens is 378 g/mol. The van der Waals surface area contributed by atoms with Crippen molar-refractivity contribution >= 4 is 22.7 Å². The lowest BCUT2D eigenvalue weighted by Gasteiger charge is -2.35. The molecule has 6 nitrogen and oxygen atoms in total. The van der Waals surface area contributed by atoms with Gasteiger partial charge in [-0.05, 0) is 50.6 Å². The van der Waals surface area contributed by atoms with Crippen molar-refractivity contribution in [1.29, 1.82) is 0 Å². The first-order chi connectivity index (χ1) is 14.3. The molecule has 3 aromatic rings. The van der Waals surface area contributed by atoms with Gasteiger partial charge in [0, 0.05) is 49.4 Å². The van der Waals surface area contributed by atoms with Gasteiger partial charge in [-0.2, -0.15) is 0 Å². The lowest BCUT2D eigenvalue weighted by Crippen LogP contribution is -2.49. The Bertz CT molecular complexity index is 1040. The second-order valence-electron chi connectivity index (χ2n) is 8.81. The van der Waals surface area contributed by atoms with Crippen molar-refractivity contribution in [2.75, 3.05) is 31.9 Å². The number of rotatable bonds is 3. The molecule has 4 rings (SSSR count). The molecule has 1 amide bonds. The molecule has 1 aliphatic heterocycles. The van der Waals surface area contributed by atoms with E-state index in [1.54, 1.807) is 4.90 Å². The average Bonchev–Trinajstić information content (AvgIpc) is 3.10. The molecule has 1 aromatic heterocycles. The van der Waals surface area contributed by atoms with E-state index in [-0.39, 0.29) is 6.09 Å². The average molecular weight is 408 g/mol. The van der Waals surface area contributed by atoms with E-state index in [9.17, 15) is 4.79 Å². The summed E-state index contributed by atoms with van der Waals surface area (Å²) >= 11 is 0. The molecule has 0 unspecified atom stereocenters. The van der Waals surface area contributed by atoms with Crippen LogP contribution in [0.25, 0.3) is 22.3 Å². The van der Waals surface area contributed by atoms with E-state index in [0.717, 1.165) is 41.9 Å². The molecule has 2 N–H and O–H groups in total. The zero-order chi connectivity index (χ0) is 21.3. The van der Waals surface area contributed by atoms with Gasteiger partial charge in [0.05, 0.1) is 0 Å². The predicted molar refractivity (Wildman–Crippen MR) is 119 cm³/mol. The summed E-state index contributed by atoms with van der Waals surface area (Å²) in [5.74, 6) is 0.784. The van der Waals surface area contributed by atoms with Crippen LogP contribution in [0, 0.1) is 0 Å². The number of nitrogens with zero attached hydrogens (tertiary/aromatic N) is 2. The minimum atomic E-state index is -0.462. The Morgan fingerprint density at radius 1 is 1.07 bits per heavy atom. The number of para-hydroxylation sites is 1. The topological polar surface area (TPSA) is 71.9 Å². The molecule has 2 aromatic carbocycles. The van der Waals surface area contributed by atoms with Crippen molar-refractivity contribution < 1.29 is 13.9 Å². The fraction of sp³-hybridized carbons (Fsp3) is 0.375. The number of hydrogen-bond donors (Lipinski definition) is 1. The van der Waals surface area contributed by atoms with E-state index in [4.69, 9.17) is 14.9 Å². The molecule has 1 fully saturated rings. The highest BCUT2D eigenvalue weighted by Gasteiger charge is 2.25. The molecule has 6 heteroatoms. The highest BCUT2D eigenvalue weighted by molar-refractivity contribution is 5.86. The monoisotopic (exact) mass is 407 g/mol. The Hall–Kier alpha value is -2.99. The number of carbonyl (C=O) groups excluding carboxylic acids is 1. The highest BCUT2D eigenvalue weighted by Crippen LogP contribution is 2.32. The smallest absolute Gasteiger partial charge is 0.410 e. The number of fused-ring (bicyclic) bond motifs is 1. The molecule has 0 spiro atoms. The van der Waals surface area contributed by atoms with Crippen LogP contribution in [0.4, 0.5) is 10.5 Å². The third kappa shape index (κ3) is 4.60. The number of benzene rings is 2. The maximum absolute atomic E-state index is 12.2. The van der Waals surface area contributed by atoms with Gasteiger partial charge >= 0.3 is 6.09 Å². The van der Waals surface area contributed by atoms with Crippen molar-refractivity contribution in [1.82, 2.24) is 9.80 Å². The van der Waals surface area contributed by atoms with Gasteiger partial charge in [-0.1, -0.05) is 24.3 Å². The van der Waals surface area contributed by atoms with Gasteiger partial charge in [0.1, 0.15) is 16.9 Å². The summed E-state index contributed by atoms with van der Waals surface area (Å²) in [5.41, 5.74) is 9.30. The number of furan rings is 1. The van der Waals surface area contributed by atoms with Gasteiger partial charge in [0.25, 0.3) is 0 Å². The van der Waals surface area contributed by atoms with Crippen LogP contribution >= 0.6 is 0 Å². The lowest BCUT2D eigenvalue weighted by atomic mass is 10.1. The Morgan fingerprint density at radius 2 is 1.80 bits per heavy atom. The Morgan fingerprint density at radius 3 is 2.50 bits per heavy atom. The summed E-state index contributed by atoms with van der Waals surface area (Å²) in [7, 11) is 0. The minimum absolute atomic E-state index is 0.230. The quantitative estimate of drug-likeness (QED) is 0.635. The van der Waals surface area contributed by atoms with E-state index < -0.39 is 5.60 Å². The molecular formula is C24H29N3O3. The Balaban J connectivity index is 1.40. The van der Waals surface area contributed by atoms with E-state index in [0.29, 0.717) is 18.8 Å². The van der Waals surface area contributed by atoms with Gasteiger partial charge < -0.3 is 19.8 Å². The highest BCUT2D eigenvalue weighted by atomic mass is 16.6. The first-order valence-electron chi connectivity index (χ1n) is 10.4. The second kappa shape index (κ2) is 8.03. The Labute approximate surface area is 177 Å². The number of piperazine rings is 1. The molecule has 158 valence electrons. The number of amides is 1. The van der Waals surface area contributed by atoms with Crippen molar-refractivity contribution in [2.45, 2.75) is 32.9 Å². The zero-order valence-electron chi connectivity index (χ0n) is 17.9. The number of ether oxygens (including phenoxy) is 1. The lowest BCUT2D eigenvalue weighted by molar-refractivity contribution is 0.0139. The van der Waals surface area contributed by atoms with Crippen LogP contribution in [-0.2, 0) is 11.3 Å². The van der Waals surface area contributed by atoms with E-state index in [2.05, 4.69) is 23.1 Å². The second-order valence-corrected chi connectivity index (χ2v) is 8.81. The minimum Gasteiger partial charge on any atom is -0.456 e. The zero-order valence-corrected chi connectivity index (χ0v) is 17.9. The molecule has 0 atom stereocenters. The van der Waals surface area contributed by atoms with Crippen LogP contribution in [0.5, 0.6) is 0 Å². The normalized spacial score (nSPS) is 15.5. The number of nitrogens with two attached hydrogens (primary N) is 1. The number of carbonyl (C=O) groups is 1. The molecule has 0 bridgehead atoms. The predicted octanol–water partition coefficient (Wildman–Crippen LogP) is 4.73. The maximum Gasteiger partial charge on any atom is 0.410 e. The van der Waals surface area contributed by atoms with Crippen LogP contribution in [0.2, 0.25) is 0 Å². The van der Waals surface area contributed by atoms with Gasteiger partial charge in [-0.25, -0.2) is 4.79 Å². The molecule has 1 saturated heterocycles. The van der Waals surface area contributed by atoms with Gasteiger partial charge in [-0.15, -0.1) is 0 Å². The third-order valence-corrected chi connectivity index (χ3v) is 5.24. The fourth-order valence-electron chi connectivity index (χ4n) is 3.70. The van der Waals surface area contributed by atoms with Crippen molar-refractivity contribution in [3.05, 3.63) is 54.1 Å². The van der Waals surface area contributed by atoms with E-state index in [1.165, 1.54) is 5.56 Å². The number of hydrogen-bond acceptors (Lipinski definition) is 5. The summed E-state index contributed by atoms with van der Waals surface area (Å²) in [6, 6.07) is 16.1. The first-order valence-corrected chi connectivity index (χ1v) is 10.4. The summed E-state index contributed by atoms with van der Waals surface area (Å²) in [6.45, 7) is 9.49. The largest absolute Gasteiger partial charge is 0.456 e. The molecule has 0 saturated carbocycles. The van der Waals surface area contributed by atoms with Gasteiger partial charge in [-0.3, -0.25) is 4.90 Å². The summed E-state index contributed by atoms with van der Waals surface area (Å²) in [6.07, 6.45) is -0.230. The third-order valence-electron chi connectivity index (χ3n) is 5.24. The van der Waals surface area contributed by atoms with Gasteiger partial charge in [0.2, 0.25) is 0 Å². The summed E-state index contributed by atoms with van der Waals surface area (Å²) in [5, 5.41) is 1.06. The maximum atomic E-state index is 12.2. The first kappa shape index (κ1) is 20.3. The molecule has 2 heterocycles. The standard InChI is InChI=1S/C24H29N3O3/c1-24(2,3)30-23(28)27-12-10-26(11-13-27)16-17-8-9-18-15-22(29-21(18)14-17)19-6-4-5-7-20(19)25/h4-9,14-15H,10-13,16,25H2,1-3H3. The van der Waals surface area contributed by atoms with E-state index >= 15 is 0 Å². The van der Waals surface area contributed by atoms with E-state index in [1.807, 2.05) is 51.1 Å². The molecule has 30 heavy (non-hydrogen) atoms. The van der Waals surface area contributed by atoms with Crippen molar-refractivity contribution in [2.24, 2.45) is 0 Å². The van der Waals surface area contributed by atoms with Crippen LogP contribution in [0.3, 0.4) is 0 Å². The molecule has 0 aliphatic carbocycles. The van der Waals surface area contributed by atoms with Crippen LogP contribution in [0.15, 0.2) is 52.9 Å². The van der Waals surface area contributed by atoms with Crippen LogP contribution < -0.4 is 5.73 Å². The molecule has 0 radical (unpaired) electrons. The van der Waals surface area contributed by atoms with Crippen molar-refractivity contribution in [3.63, 3.8) is 0 Å². The molecule has 1 aliphatic rings. The van der Waals surface area contributed by atoms with Crippen molar-refractivity contribution in [3.8, 4) is 11.3 Å². The number of nitrogen functional groups attached to an aromatic ring is 1. The van der Waals surface area contributed by atoms with Gasteiger partial charge in [0.15, 0.2) is 0 Å². The van der Waals surface area contributed by atoms with Crippen LogP contribution in [0.1, 0.15) is 26.3 Å². The Kier molecular flexibility index (Phi) is 5.43. The summed E-state index contributed by atoms with van der Waals surface area (Å²) < 4.78 is 11.6.